The van der Waals surface area contributed by atoms with Gasteiger partial charge in [0.1, 0.15) is 0 Å². The van der Waals surface area contributed by atoms with E-state index in [9.17, 15) is 13.5 Å². The second-order valence-electron chi connectivity index (χ2n) is 5.51. The van der Waals surface area contributed by atoms with Gasteiger partial charge >= 0.3 is 0 Å². The van der Waals surface area contributed by atoms with Crippen molar-refractivity contribution >= 4 is 10.0 Å². The van der Waals surface area contributed by atoms with Gasteiger partial charge in [-0.3, -0.25) is 0 Å². The first-order chi connectivity index (χ1) is 8.82. The number of hydrogen-bond acceptors (Lipinski definition) is 4. The summed E-state index contributed by atoms with van der Waals surface area (Å²) >= 11 is 0. The summed E-state index contributed by atoms with van der Waals surface area (Å²) in [7, 11) is -3.64. The van der Waals surface area contributed by atoms with Crippen LogP contribution in [-0.4, -0.2) is 35.2 Å². The van der Waals surface area contributed by atoms with Gasteiger partial charge in [0.15, 0.2) is 5.03 Å². The van der Waals surface area contributed by atoms with Gasteiger partial charge in [-0.05, 0) is 26.7 Å². The fourth-order valence-corrected chi connectivity index (χ4v) is 3.31. The number of imidazole rings is 1. The van der Waals surface area contributed by atoms with Gasteiger partial charge in [0, 0.05) is 18.8 Å². The summed E-state index contributed by atoms with van der Waals surface area (Å²) in [5.74, 6) is 0. The molecule has 108 valence electrons. The van der Waals surface area contributed by atoms with Crippen LogP contribution in [0, 0.1) is 0 Å². The Morgan fingerprint density at radius 1 is 1.47 bits per heavy atom. The van der Waals surface area contributed by atoms with E-state index >= 15 is 0 Å². The Morgan fingerprint density at radius 2 is 2.11 bits per heavy atom. The van der Waals surface area contributed by atoms with Crippen LogP contribution in [0.4, 0.5) is 0 Å². The van der Waals surface area contributed by atoms with Crippen molar-refractivity contribution in [3.63, 3.8) is 0 Å². The summed E-state index contributed by atoms with van der Waals surface area (Å²) < 4.78 is 28.3. The molecule has 0 radical (unpaired) electrons. The summed E-state index contributed by atoms with van der Waals surface area (Å²) in [6.45, 7) is 3.96. The molecule has 0 atom stereocenters. The van der Waals surface area contributed by atoms with Crippen LogP contribution in [0.5, 0.6) is 0 Å². The van der Waals surface area contributed by atoms with E-state index in [0.29, 0.717) is 12.8 Å². The highest BCUT2D eigenvalue weighted by Gasteiger charge is 2.33. The average molecular weight is 287 g/mol. The molecule has 0 aromatic carbocycles. The molecule has 0 spiro atoms. The van der Waals surface area contributed by atoms with Crippen molar-refractivity contribution in [1.82, 2.24) is 14.3 Å². The van der Waals surface area contributed by atoms with E-state index in [-0.39, 0.29) is 17.6 Å². The summed E-state index contributed by atoms with van der Waals surface area (Å²) in [5, 5.41) is 10.1. The predicted octanol–water partition coefficient (Wildman–Crippen LogP) is 1.05. The van der Waals surface area contributed by atoms with E-state index in [1.54, 1.807) is 4.57 Å². The van der Waals surface area contributed by atoms with Gasteiger partial charge in [0.2, 0.25) is 0 Å². The van der Waals surface area contributed by atoms with Gasteiger partial charge in [0.25, 0.3) is 10.0 Å². The maximum atomic E-state index is 12.1. The van der Waals surface area contributed by atoms with E-state index in [4.69, 9.17) is 0 Å². The Morgan fingerprint density at radius 3 is 2.63 bits per heavy atom. The van der Waals surface area contributed by atoms with E-state index in [1.165, 1.54) is 12.5 Å². The molecule has 2 N–H and O–H groups in total. The smallest absolute Gasteiger partial charge is 0.259 e. The van der Waals surface area contributed by atoms with Crippen molar-refractivity contribution in [3.05, 3.63) is 12.5 Å². The minimum absolute atomic E-state index is 0.00259. The third-order valence-corrected chi connectivity index (χ3v) is 4.86. The molecule has 0 saturated heterocycles. The molecule has 0 unspecified atom stereocenters. The Balaban J connectivity index is 2.05. The molecular weight excluding hydrogens is 266 g/mol. The first-order valence-electron chi connectivity index (χ1n) is 6.58. The van der Waals surface area contributed by atoms with E-state index in [2.05, 4.69) is 9.71 Å². The highest BCUT2D eigenvalue weighted by molar-refractivity contribution is 7.89. The number of nitrogens with one attached hydrogen (secondary N) is 1. The van der Waals surface area contributed by atoms with Gasteiger partial charge in [-0.2, -0.15) is 0 Å². The lowest BCUT2D eigenvalue weighted by atomic mass is 10.0. The molecule has 0 bridgehead atoms. The van der Waals surface area contributed by atoms with Crippen LogP contribution in [-0.2, 0) is 10.0 Å². The lowest BCUT2D eigenvalue weighted by Crippen LogP contribution is -2.40. The second kappa shape index (κ2) is 5.22. The number of hydrogen-bond donors (Lipinski definition) is 2. The minimum Gasteiger partial charge on any atom is -0.389 e. The Kier molecular flexibility index (Phi) is 3.98. The Labute approximate surface area is 113 Å². The van der Waals surface area contributed by atoms with Crippen LogP contribution in [0.2, 0.25) is 0 Å². The molecule has 6 nitrogen and oxygen atoms in total. The largest absolute Gasteiger partial charge is 0.389 e. The molecule has 19 heavy (non-hydrogen) atoms. The fraction of sp³-hybridized carbons (Fsp3) is 0.750. The molecule has 1 aliphatic rings. The summed E-state index contributed by atoms with van der Waals surface area (Å²) in [6, 6.07) is 0.162. The van der Waals surface area contributed by atoms with Crippen LogP contribution in [0.15, 0.2) is 17.6 Å². The first-order valence-corrected chi connectivity index (χ1v) is 8.06. The minimum atomic E-state index is -3.64. The SMILES string of the molecule is CC(C)n1cnc(S(=O)(=O)NCC2(O)CCCC2)c1. The van der Waals surface area contributed by atoms with Crippen LogP contribution in [0.25, 0.3) is 0 Å². The number of nitrogens with zero attached hydrogens (tertiary/aromatic N) is 2. The molecule has 1 heterocycles. The van der Waals surface area contributed by atoms with Crippen molar-refractivity contribution in [3.8, 4) is 0 Å². The quantitative estimate of drug-likeness (QED) is 0.847. The Bertz CT molecular complexity index is 530. The molecular formula is C12H21N3O3S. The number of aromatic nitrogens is 2. The average Bonchev–Trinajstić information content (AvgIpc) is 2.96. The lowest BCUT2D eigenvalue weighted by molar-refractivity contribution is 0.0531. The summed E-state index contributed by atoms with van der Waals surface area (Å²) in [6.07, 6.45) is 6.20. The second-order valence-corrected chi connectivity index (χ2v) is 7.22. The van der Waals surface area contributed by atoms with E-state index < -0.39 is 15.6 Å². The van der Waals surface area contributed by atoms with Crippen molar-refractivity contribution in [2.24, 2.45) is 0 Å². The molecule has 1 saturated carbocycles. The predicted molar refractivity (Wildman–Crippen MR) is 71.2 cm³/mol. The first kappa shape index (κ1) is 14.5. The van der Waals surface area contributed by atoms with Gasteiger partial charge in [-0.25, -0.2) is 18.1 Å². The van der Waals surface area contributed by atoms with Crippen molar-refractivity contribution in [2.75, 3.05) is 6.54 Å². The zero-order chi connectivity index (χ0) is 14.1. The normalized spacial score (nSPS) is 19.2. The molecule has 1 aliphatic carbocycles. The zero-order valence-corrected chi connectivity index (χ0v) is 12.2. The van der Waals surface area contributed by atoms with Crippen molar-refractivity contribution in [1.29, 1.82) is 0 Å². The molecule has 1 fully saturated rings. The zero-order valence-electron chi connectivity index (χ0n) is 11.3. The third kappa shape index (κ3) is 3.34. The number of aliphatic hydroxyl groups is 1. The number of rotatable bonds is 5. The number of sulfonamides is 1. The van der Waals surface area contributed by atoms with Crippen molar-refractivity contribution in [2.45, 2.75) is 56.2 Å². The van der Waals surface area contributed by atoms with E-state index in [1.807, 2.05) is 13.8 Å². The fourth-order valence-electron chi connectivity index (χ4n) is 2.25. The van der Waals surface area contributed by atoms with E-state index in [0.717, 1.165) is 12.8 Å². The van der Waals surface area contributed by atoms with Gasteiger partial charge in [-0.1, -0.05) is 12.8 Å². The third-order valence-electron chi connectivity index (χ3n) is 3.57. The highest BCUT2D eigenvalue weighted by atomic mass is 32.2. The van der Waals surface area contributed by atoms with Crippen LogP contribution in [0.1, 0.15) is 45.6 Å². The maximum absolute atomic E-state index is 12.1. The van der Waals surface area contributed by atoms with Crippen LogP contribution < -0.4 is 4.72 Å². The molecule has 1 aromatic heterocycles. The monoisotopic (exact) mass is 287 g/mol. The van der Waals surface area contributed by atoms with Crippen LogP contribution >= 0.6 is 0 Å². The molecule has 0 amide bonds. The standard InChI is InChI=1S/C12H21N3O3S/c1-10(2)15-7-11(13-9-15)19(17,18)14-8-12(16)5-3-4-6-12/h7,9-10,14,16H,3-6,8H2,1-2H3. The van der Waals surface area contributed by atoms with Crippen LogP contribution in [0.3, 0.4) is 0 Å². The van der Waals surface area contributed by atoms with Gasteiger partial charge < -0.3 is 9.67 Å². The molecule has 0 aliphatic heterocycles. The molecule has 2 rings (SSSR count). The van der Waals surface area contributed by atoms with Gasteiger partial charge in [0.05, 0.1) is 11.9 Å². The highest BCUT2D eigenvalue weighted by Crippen LogP contribution is 2.28. The molecule has 1 aromatic rings. The Hall–Kier alpha value is -0.920. The lowest BCUT2D eigenvalue weighted by Gasteiger charge is -2.21. The van der Waals surface area contributed by atoms with Gasteiger partial charge in [-0.15, -0.1) is 0 Å². The summed E-state index contributed by atoms with van der Waals surface area (Å²) in [5.41, 5.74) is -0.895. The molecule has 7 heteroatoms. The summed E-state index contributed by atoms with van der Waals surface area (Å²) in [4.78, 5) is 3.91. The maximum Gasteiger partial charge on any atom is 0.259 e. The topological polar surface area (TPSA) is 84.2 Å². The van der Waals surface area contributed by atoms with Crippen molar-refractivity contribution < 1.29 is 13.5 Å².